The Bertz CT molecular complexity index is 747. The molecular formula is C16H15BrN2O2S. The fraction of sp³-hybridized carbons (Fsp3) is 0.250. The van der Waals surface area contributed by atoms with Gasteiger partial charge in [0.25, 0.3) is 0 Å². The molecule has 4 nitrogen and oxygen atoms in total. The zero-order chi connectivity index (χ0) is 16.1. The average molecular weight is 379 g/mol. The number of benzene rings is 1. The minimum absolute atomic E-state index is 0.526. The third kappa shape index (κ3) is 3.67. The molecule has 0 saturated heterocycles. The van der Waals surface area contributed by atoms with Gasteiger partial charge >= 0.3 is 0 Å². The van der Waals surface area contributed by atoms with E-state index in [0.29, 0.717) is 28.7 Å². The second-order valence-corrected chi connectivity index (χ2v) is 6.14. The van der Waals surface area contributed by atoms with E-state index in [9.17, 15) is 5.26 Å². The number of methoxy groups -OCH3 is 1. The summed E-state index contributed by atoms with van der Waals surface area (Å²) in [6.07, 6.45) is 1.80. The maximum atomic E-state index is 9.37. The van der Waals surface area contributed by atoms with Crippen molar-refractivity contribution in [3.05, 3.63) is 38.3 Å². The van der Waals surface area contributed by atoms with Crippen LogP contribution in [0.4, 0.5) is 0 Å². The number of aryl methyl sites for hydroxylation is 1. The third-order valence-corrected chi connectivity index (χ3v) is 4.40. The maximum Gasteiger partial charge on any atom is 0.174 e. The van der Waals surface area contributed by atoms with E-state index in [1.165, 1.54) is 11.3 Å². The SMILES string of the molecule is CCOc1cc(/C=C(/C#N)c2nc(C)cs2)cc(Br)c1OC. The van der Waals surface area contributed by atoms with Gasteiger partial charge in [-0.25, -0.2) is 4.98 Å². The van der Waals surface area contributed by atoms with Crippen molar-refractivity contribution in [2.45, 2.75) is 13.8 Å². The Morgan fingerprint density at radius 3 is 2.82 bits per heavy atom. The molecule has 0 amide bonds. The monoisotopic (exact) mass is 378 g/mol. The molecule has 0 N–H and O–H groups in total. The molecule has 0 unspecified atom stereocenters. The first-order chi connectivity index (χ1) is 10.6. The molecule has 0 saturated carbocycles. The molecule has 22 heavy (non-hydrogen) atoms. The number of ether oxygens (including phenoxy) is 2. The molecular weight excluding hydrogens is 364 g/mol. The van der Waals surface area contributed by atoms with Crippen molar-refractivity contribution in [2.75, 3.05) is 13.7 Å². The Kier molecular flexibility index (Phi) is 5.58. The lowest BCUT2D eigenvalue weighted by atomic mass is 10.1. The first kappa shape index (κ1) is 16.5. The van der Waals surface area contributed by atoms with Crippen LogP contribution in [0.25, 0.3) is 11.6 Å². The van der Waals surface area contributed by atoms with Gasteiger partial charge in [-0.1, -0.05) is 0 Å². The number of hydrogen-bond donors (Lipinski definition) is 0. The Hall–Kier alpha value is -1.84. The molecule has 1 aromatic carbocycles. The number of allylic oxidation sites excluding steroid dienone is 1. The summed E-state index contributed by atoms with van der Waals surface area (Å²) in [7, 11) is 1.59. The molecule has 0 aliphatic rings. The van der Waals surface area contributed by atoms with Gasteiger partial charge in [-0.15, -0.1) is 11.3 Å². The van der Waals surface area contributed by atoms with Gasteiger partial charge in [0, 0.05) is 11.1 Å². The Balaban J connectivity index is 2.47. The summed E-state index contributed by atoms with van der Waals surface area (Å²) in [6, 6.07) is 5.94. The molecule has 2 aromatic rings. The van der Waals surface area contributed by atoms with Gasteiger partial charge in [0.1, 0.15) is 11.1 Å². The molecule has 114 valence electrons. The minimum Gasteiger partial charge on any atom is -0.492 e. The van der Waals surface area contributed by atoms with Gasteiger partial charge in [0.05, 0.1) is 23.8 Å². The van der Waals surface area contributed by atoms with Crippen molar-refractivity contribution in [3.63, 3.8) is 0 Å². The van der Waals surface area contributed by atoms with Crippen LogP contribution in [0.1, 0.15) is 23.2 Å². The molecule has 1 aromatic heterocycles. The first-order valence-electron chi connectivity index (χ1n) is 6.63. The Labute approximate surface area is 142 Å². The van der Waals surface area contributed by atoms with Gasteiger partial charge < -0.3 is 9.47 Å². The smallest absolute Gasteiger partial charge is 0.174 e. The third-order valence-electron chi connectivity index (χ3n) is 2.82. The zero-order valence-electron chi connectivity index (χ0n) is 12.5. The minimum atomic E-state index is 0.526. The number of aromatic nitrogens is 1. The highest BCUT2D eigenvalue weighted by Crippen LogP contribution is 2.37. The Morgan fingerprint density at radius 1 is 1.50 bits per heavy atom. The molecule has 0 fully saturated rings. The number of rotatable bonds is 5. The van der Waals surface area contributed by atoms with Crippen molar-refractivity contribution in [3.8, 4) is 17.6 Å². The van der Waals surface area contributed by atoms with Gasteiger partial charge in [0.2, 0.25) is 0 Å². The number of hydrogen-bond acceptors (Lipinski definition) is 5. The Morgan fingerprint density at radius 2 is 2.27 bits per heavy atom. The van der Waals surface area contributed by atoms with E-state index in [0.717, 1.165) is 15.7 Å². The molecule has 0 bridgehead atoms. The maximum absolute atomic E-state index is 9.37. The van der Waals surface area contributed by atoms with Crippen LogP contribution in [0.15, 0.2) is 22.0 Å². The summed E-state index contributed by atoms with van der Waals surface area (Å²) in [5.74, 6) is 1.28. The van der Waals surface area contributed by atoms with Crippen molar-refractivity contribution in [1.29, 1.82) is 5.26 Å². The zero-order valence-corrected chi connectivity index (χ0v) is 14.9. The number of halogens is 1. The van der Waals surface area contributed by atoms with E-state index in [4.69, 9.17) is 9.47 Å². The molecule has 1 heterocycles. The summed E-state index contributed by atoms with van der Waals surface area (Å²) < 4.78 is 11.7. The number of nitrogens with zero attached hydrogens (tertiary/aromatic N) is 2. The summed E-state index contributed by atoms with van der Waals surface area (Å²) in [6.45, 7) is 4.35. The lowest BCUT2D eigenvalue weighted by molar-refractivity contribution is 0.310. The predicted octanol–water partition coefficient (Wildman–Crippen LogP) is 4.69. The molecule has 6 heteroatoms. The van der Waals surface area contributed by atoms with Gasteiger partial charge in [0.15, 0.2) is 11.5 Å². The highest BCUT2D eigenvalue weighted by atomic mass is 79.9. The lowest BCUT2D eigenvalue weighted by Crippen LogP contribution is -1.96. The second kappa shape index (κ2) is 7.43. The van der Waals surface area contributed by atoms with Crippen molar-refractivity contribution in [2.24, 2.45) is 0 Å². The summed E-state index contributed by atoms with van der Waals surface area (Å²) in [5.41, 5.74) is 2.28. The van der Waals surface area contributed by atoms with E-state index in [-0.39, 0.29) is 0 Å². The van der Waals surface area contributed by atoms with Crippen LogP contribution in [0.3, 0.4) is 0 Å². The number of thiazole rings is 1. The van der Waals surface area contributed by atoms with E-state index in [1.54, 1.807) is 13.2 Å². The molecule has 2 rings (SSSR count). The van der Waals surface area contributed by atoms with E-state index >= 15 is 0 Å². The fourth-order valence-electron chi connectivity index (χ4n) is 1.92. The average Bonchev–Trinajstić information content (AvgIpc) is 2.91. The standard InChI is InChI=1S/C16H15BrN2O2S/c1-4-21-14-7-11(6-13(17)15(14)20-3)5-12(8-18)16-19-10(2)9-22-16/h5-7,9H,4H2,1-3H3/b12-5-. The van der Waals surface area contributed by atoms with Crippen molar-refractivity contribution < 1.29 is 9.47 Å². The molecule has 0 aliphatic carbocycles. The molecule has 0 atom stereocenters. The fourth-order valence-corrected chi connectivity index (χ4v) is 3.30. The normalized spacial score (nSPS) is 11.1. The van der Waals surface area contributed by atoms with Crippen molar-refractivity contribution >= 4 is 38.9 Å². The number of nitriles is 1. The van der Waals surface area contributed by atoms with Crippen LogP contribution in [0.5, 0.6) is 11.5 Å². The predicted molar refractivity (Wildman–Crippen MR) is 92.2 cm³/mol. The van der Waals surface area contributed by atoms with Gasteiger partial charge in [-0.2, -0.15) is 5.26 Å². The van der Waals surface area contributed by atoms with Crippen LogP contribution in [-0.4, -0.2) is 18.7 Å². The summed E-state index contributed by atoms with van der Waals surface area (Å²) >= 11 is 4.93. The molecule has 0 aliphatic heterocycles. The van der Waals surface area contributed by atoms with E-state index in [1.807, 2.05) is 31.4 Å². The van der Waals surface area contributed by atoms with Crippen LogP contribution in [-0.2, 0) is 0 Å². The summed E-state index contributed by atoms with van der Waals surface area (Å²) in [4.78, 5) is 4.35. The topological polar surface area (TPSA) is 55.1 Å². The molecule has 0 spiro atoms. The quantitative estimate of drug-likeness (QED) is 0.708. The van der Waals surface area contributed by atoms with Crippen LogP contribution >= 0.6 is 27.3 Å². The van der Waals surface area contributed by atoms with Crippen molar-refractivity contribution in [1.82, 2.24) is 4.98 Å². The second-order valence-electron chi connectivity index (χ2n) is 4.43. The van der Waals surface area contributed by atoms with Crippen LogP contribution in [0.2, 0.25) is 0 Å². The van der Waals surface area contributed by atoms with Crippen LogP contribution in [0, 0.1) is 18.3 Å². The van der Waals surface area contributed by atoms with Gasteiger partial charge in [-0.3, -0.25) is 0 Å². The van der Waals surface area contributed by atoms with E-state index in [2.05, 4.69) is 27.0 Å². The highest BCUT2D eigenvalue weighted by Gasteiger charge is 2.12. The van der Waals surface area contributed by atoms with E-state index < -0.39 is 0 Å². The molecule has 0 radical (unpaired) electrons. The van der Waals surface area contributed by atoms with Gasteiger partial charge in [-0.05, 0) is 53.5 Å². The summed E-state index contributed by atoms with van der Waals surface area (Å²) in [5, 5.41) is 12.0. The highest BCUT2D eigenvalue weighted by molar-refractivity contribution is 9.10. The first-order valence-corrected chi connectivity index (χ1v) is 8.31. The lowest BCUT2D eigenvalue weighted by Gasteiger charge is -2.12. The van der Waals surface area contributed by atoms with Crippen LogP contribution < -0.4 is 9.47 Å². The largest absolute Gasteiger partial charge is 0.492 e.